The molecule has 0 aromatic rings. The lowest BCUT2D eigenvalue weighted by atomic mass is 9.72. The standard InChI is InChI=1S/C18H31N3O3/c1-11-13(12(2)24-21-11)7-5-9-19-18(23)15-10-17(22)20-16-8-4-3-6-14(15)16/h11-16,21H,3-10H2,1-2H3,(H,19,23)(H,20,22). The van der Waals surface area contributed by atoms with E-state index in [4.69, 9.17) is 4.84 Å². The smallest absolute Gasteiger partial charge is 0.223 e. The minimum Gasteiger partial charge on any atom is -0.356 e. The Bertz CT molecular complexity index is 460. The molecule has 136 valence electrons. The largest absolute Gasteiger partial charge is 0.356 e. The lowest BCUT2D eigenvalue weighted by Gasteiger charge is -2.40. The van der Waals surface area contributed by atoms with E-state index in [1.165, 1.54) is 6.42 Å². The SMILES string of the molecule is CC1NOC(C)C1CCCNC(=O)C1CC(=O)NC2CCCCC21. The number of nitrogens with one attached hydrogen (secondary N) is 3. The Balaban J connectivity index is 1.45. The van der Waals surface area contributed by atoms with Gasteiger partial charge in [0.25, 0.3) is 0 Å². The fourth-order valence-electron chi connectivity index (χ4n) is 4.69. The summed E-state index contributed by atoms with van der Waals surface area (Å²) in [5, 5.41) is 6.16. The highest BCUT2D eigenvalue weighted by atomic mass is 16.7. The number of amides is 2. The molecule has 3 aliphatic rings. The minimum absolute atomic E-state index is 0.0372. The van der Waals surface area contributed by atoms with Crippen LogP contribution in [0.5, 0.6) is 0 Å². The third-order valence-electron chi connectivity index (χ3n) is 6.12. The Morgan fingerprint density at radius 2 is 2.08 bits per heavy atom. The Labute approximate surface area is 144 Å². The summed E-state index contributed by atoms with van der Waals surface area (Å²) in [5.74, 6) is 0.783. The molecule has 3 N–H and O–H groups in total. The first-order valence-corrected chi connectivity index (χ1v) is 9.54. The zero-order valence-electron chi connectivity index (χ0n) is 14.8. The number of hydrogen-bond acceptors (Lipinski definition) is 4. The summed E-state index contributed by atoms with van der Waals surface area (Å²) in [5.41, 5.74) is 3.02. The van der Waals surface area contributed by atoms with Gasteiger partial charge in [-0.2, -0.15) is 5.48 Å². The lowest BCUT2D eigenvalue weighted by Crippen LogP contribution is -2.54. The topological polar surface area (TPSA) is 79.5 Å². The van der Waals surface area contributed by atoms with Crippen LogP contribution in [0, 0.1) is 17.8 Å². The van der Waals surface area contributed by atoms with E-state index < -0.39 is 0 Å². The Morgan fingerprint density at radius 1 is 1.29 bits per heavy atom. The first-order valence-electron chi connectivity index (χ1n) is 9.54. The van der Waals surface area contributed by atoms with Gasteiger partial charge in [-0.3, -0.25) is 14.4 Å². The van der Waals surface area contributed by atoms with Gasteiger partial charge in [0.05, 0.1) is 12.0 Å². The molecule has 24 heavy (non-hydrogen) atoms. The van der Waals surface area contributed by atoms with Crippen molar-refractivity contribution in [1.82, 2.24) is 16.1 Å². The van der Waals surface area contributed by atoms with Gasteiger partial charge >= 0.3 is 0 Å². The highest BCUT2D eigenvalue weighted by Gasteiger charge is 2.41. The monoisotopic (exact) mass is 337 g/mol. The van der Waals surface area contributed by atoms with Crippen molar-refractivity contribution >= 4 is 11.8 Å². The molecule has 3 fully saturated rings. The molecule has 0 aromatic heterocycles. The molecule has 3 rings (SSSR count). The summed E-state index contributed by atoms with van der Waals surface area (Å²) in [6.07, 6.45) is 6.96. The van der Waals surface area contributed by atoms with Gasteiger partial charge in [-0.25, -0.2) is 0 Å². The first-order chi connectivity index (χ1) is 11.6. The molecule has 0 bridgehead atoms. The zero-order valence-corrected chi connectivity index (χ0v) is 14.8. The highest BCUT2D eigenvalue weighted by Crippen LogP contribution is 2.35. The van der Waals surface area contributed by atoms with E-state index in [1.54, 1.807) is 0 Å². The zero-order chi connectivity index (χ0) is 17.1. The summed E-state index contributed by atoms with van der Waals surface area (Å²) in [4.78, 5) is 29.9. The summed E-state index contributed by atoms with van der Waals surface area (Å²) >= 11 is 0. The van der Waals surface area contributed by atoms with E-state index in [2.05, 4.69) is 30.0 Å². The molecule has 2 amide bonds. The second kappa shape index (κ2) is 7.83. The van der Waals surface area contributed by atoms with Gasteiger partial charge in [0, 0.05) is 31.0 Å². The molecule has 2 heterocycles. The van der Waals surface area contributed by atoms with Crippen molar-refractivity contribution in [1.29, 1.82) is 0 Å². The maximum atomic E-state index is 12.6. The molecule has 1 aliphatic carbocycles. The van der Waals surface area contributed by atoms with Crippen LogP contribution in [0.2, 0.25) is 0 Å². The fraction of sp³-hybridized carbons (Fsp3) is 0.889. The number of carbonyl (C=O) groups is 2. The number of fused-ring (bicyclic) bond motifs is 1. The molecule has 0 spiro atoms. The molecule has 2 saturated heterocycles. The van der Waals surface area contributed by atoms with Crippen LogP contribution in [0.25, 0.3) is 0 Å². The maximum Gasteiger partial charge on any atom is 0.223 e. The molecule has 6 unspecified atom stereocenters. The van der Waals surface area contributed by atoms with Gasteiger partial charge < -0.3 is 10.6 Å². The molecule has 6 heteroatoms. The van der Waals surface area contributed by atoms with Gasteiger partial charge in [-0.15, -0.1) is 0 Å². The van der Waals surface area contributed by atoms with Crippen molar-refractivity contribution in [3.63, 3.8) is 0 Å². The summed E-state index contributed by atoms with van der Waals surface area (Å²) < 4.78 is 0. The van der Waals surface area contributed by atoms with Crippen molar-refractivity contribution in [3.8, 4) is 0 Å². The maximum absolute atomic E-state index is 12.6. The molecule has 0 radical (unpaired) electrons. The quantitative estimate of drug-likeness (QED) is 0.664. The normalized spacial score (nSPS) is 39.2. The van der Waals surface area contributed by atoms with Gasteiger partial charge in [-0.1, -0.05) is 12.8 Å². The summed E-state index contributed by atoms with van der Waals surface area (Å²) in [7, 11) is 0. The van der Waals surface area contributed by atoms with Crippen LogP contribution in [0.15, 0.2) is 0 Å². The molecule has 0 aromatic carbocycles. The van der Waals surface area contributed by atoms with Gasteiger partial charge in [0.2, 0.25) is 11.8 Å². The van der Waals surface area contributed by atoms with Crippen LogP contribution in [0.3, 0.4) is 0 Å². The number of piperidine rings is 1. The molecule has 2 aliphatic heterocycles. The van der Waals surface area contributed by atoms with E-state index in [0.717, 1.165) is 32.1 Å². The third kappa shape index (κ3) is 3.91. The van der Waals surface area contributed by atoms with Crippen LogP contribution in [-0.4, -0.2) is 36.5 Å². The molecule has 6 nitrogen and oxygen atoms in total. The highest BCUT2D eigenvalue weighted by molar-refractivity contribution is 5.87. The van der Waals surface area contributed by atoms with Crippen molar-refractivity contribution in [3.05, 3.63) is 0 Å². The lowest BCUT2D eigenvalue weighted by molar-refractivity contribution is -0.137. The second-order valence-electron chi connectivity index (χ2n) is 7.76. The van der Waals surface area contributed by atoms with Crippen LogP contribution in [0.4, 0.5) is 0 Å². The molecule has 1 saturated carbocycles. The predicted molar refractivity (Wildman–Crippen MR) is 90.9 cm³/mol. The van der Waals surface area contributed by atoms with Crippen LogP contribution < -0.4 is 16.1 Å². The van der Waals surface area contributed by atoms with Crippen LogP contribution >= 0.6 is 0 Å². The van der Waals surface area contributed by atoms with Gasteiger partial charge in [0.15, 0.2) is 0 Å². The van der Waals surface area contributed by atoms with Crippen molar-refractivity contribution < 1.29 is 14.4 Å². The van der Waals surface area contributed by atoms with E-state index in [0.29, 0.717) is 30.8 Å². The van der Waals surface area contributed by atoms with E-state index in [1.807, 2.05) is 0 Å². The number of rotatable bonds is 5. The average Bonchev–Trinajstić information content (AvgIpc) is 2.89. The Hall–Kier alpha value is -1.14. The van der Waals surface area contributed by atoms with Crippen LogP contribution in [0.1, 0.15) is 58.8 Å². The Kier molecular flexibility index (Phi) is 5.76. The first kappa shape index (κ1) is 17.7. The second-order valence-corrected chi connectivity index (χ2v) is 7.76. The number of hydrogen-bond donors (Lipinski definition) is 3. The fourth-order valence-corrected chi connectivity index (χ4v) is 4.69. The van der Waals surface area contributed by atoms with Crippen molar-refractivity contribution in [2.45, 2.75) is 77.0 Å². The van der Waals surface area contributed by atoms with Crippen molar-refractivity contribution in [2.75, 3.05) is 6.54 Å². The number of carbonyl (C=O) groups excluding carboxylic acids is 2. The minimum atomic E-state index is -0.140. The van der Waals surface area contributed by atoms with Gasteiger partial charge in [0.1, 0.15) is 0 Å². The van der Waals surface area contributed by atoms with E-state index >= 15 is 0 Å². The number of hydroxylamine groups is 1. The molecule has 6 atom stereocenters. The van der Waals surface area contributed by atoms with Gasteiger partial charge in [-0.05, 0) is 45.4 Å². The van der Waals surface area contributed by atoms with Crippen molar-refractivity contribution in [2.24, 2.45) is 17.8 Å². The predicted octanol–water partition coefficient (Wildman–Crippen LogP) is 1.51. The summed E-state index contributed by atoms with van der Waals surface area (Å²) in [6, 6.07) is 0.569. The molecular weight excluding hydrogens is 306 g/mol. The summed E-state index contributed by atoms with van der Waals surface area (Å²) in [6.45, 7) is 4.91. The van der Waals surface area contributed by atoms with E-state index in [9.17, 15) is 9.59 Å². The van der Waals surface area contributed by atoms with E-state index in [-0.39, 0.29) is 29.9 Å². The van der Waals surface area contributed by atoms with Crippen LogP contribution in [-0.2, 0) is 14.4 Å². The third-order valence-corrected chi connectivity index (χ3v) is 6.12. The molecular formula is C18H31N3O3. The Morgan fingerprint density at radius 3 is 2.83 bits per heavy atom. The average molecular weight is 337 g/mol.